The molecule has 0 aromatic heterocycles. The van der Waals surface area contributed by atoms with E-state index in [-0.39, 0.29) is 0 Å². The molecule has 0 atom stereocenters. The third-order valence-electron chi connectivity index (χ3n) is 1.44. The van der Waals surface area contributed by atoms with Crippen LogP contribution < -0.4 is 0 Å². The van der Waals surface area contributed by atoms with Gasteiger partial charge in [0.15, 0.2) is 0 Å². The number of hydrogen-bond donors (Lipinski definition) is 0. The quantitative estimate of drug-likeness (QED) is 0.528. The highest BCUT2D eigenvalue weighted by Crippen LogP contribution is 2.14. The Morgan fingerprint density at radius 2 is 2.23 bits per heavy atom. The third-order valence-corrected chi connectivity index (χ3v) is 1.75. The van der Waals surface area contributed by atoms with Crippen LogP contribution in [0.15, 0.2) is 23.2 Å². The molecule has 0 heterocycles. The molecule has 0 aliphatic carbocycles. The van der Waals surface area contributed by atoms with E-state index in [0.717, 1.165) is 5.56 Å². The molecule has 0 saturated carbocycles. The molecule has 66 valence electrons. The van der Waals surface area contributed by atoms with Crippen LogP contribution in [-0.4, -0.2) is 11.1 Å². The van der Waals surface area contributed by atoms with E-state index >= 15 is 0 Å². The number of carbonyl (C=O) groups is 1. The number of halogens is 1. The third kappa shape index (κ3) is 2.74. The van der Waals surface area contributed by atoms with Crippen LogP contribution in [0.3, 0.4) is 0 Å². The molecule has 0 saturated heterocycles. The van der Waals surface area contributed by atoms with Crippen molar-refractivity contribution < 1.29 is 4.79 Å². The number of aryl methyl sites for hydroxylation is 1. The molecule has 0 aliphatic heterocycles. The Bertz CT molecular complexity index is 376. The standard InChI is InChI=1S/C9H6ClNOS/c1-6-2-7(4-8(10)3-6)9(12)11-5-13/h2-4H,1H3. The maximum Gasteiger partial charge on any atom is 0.285 e. The summed E-state index contributed by atoms with van der Waals surface area (Å²) >= 11 is 10.1. The first-order valence-corrected chi connectivity index (χ1v) is 4.31. The highest BCUT2D eigenvalue weighted by atomic mass is 35.5. The van der Waals surface area contributed by atoms with Crippen LogP contribution in [0.2, 0.25) is 5.02 Å². The summed E-state index contributed by atoms with van der Waals surface area (Å²) in [6.07, 6.45) is 0. The van der Waals surface area contributed by atoms with Crippen molar-refractivity contribution in [1.29, 1.82) is 0 Å². The maximum absolute atomic E-state index is 11.2. The van der Waals surface area contributed by atoms with E-state index in [2.05, 4.69) is 17.2 Å². The summed E-state index contributed by atoms with van der Waals surface area (Å²) in [5.74, 6) is -0.416. The Hall–Kier alpha value is -1.02. The Morgan fingerprint density at radius 1 is 1.54 bits per heavy atom. The largest absolute Gasteiger partial charge is 0.285 e. The summed E-state index contributed by atoms with van der Waals surface area (Å²) in [5.41, 5.74) is 1.35. The predicted octanol–water partition coefficient (Wildman–Crippen LogP) is 2.89. The van der Waals surface area contributed by atoms with Gasteiger partial charge in [-0.2, -0.15) is 4.99 Å². The van der Waals surface area contributed by atoms with Crippen molar-refractivity contribution in [2.24, 2.45) is 4.99 Å². The zero-order chi connectivity index (χ0) is 9.84. The van der Waals surface area contributed by atoms with Gasteiger partial charge in [-0.1, -0.05) is 11.6 Å². The van der Waals surface area contributed by atoms with Gasteiger partial charge in [0.2, 0.25) is 0 Å². The van der Waals surface area contributed by atoms with Crippen molar-refractivity contribution in [2.75, 3.05) is 0 Å². The molecular weight excluding hydrogens is 206 g/mol. The van der Waals surface area contributed by atoms with Crippen LogP contribution in [0.25, 0.3) is 0 Å². The van der Waals surface area contributed by atoms with Crippen molar-refractivity contribution in [3.63, 3.8) is 0 Å². The lowest BCUT2D eigenvalue weighted by atomic mass is 10.1. The van der Waals surface area contributed by atoms with Crippen molar-refractivity contribution >= 4 is 34.9 Å². The topological polar surface area (TPSA) is 29.4 Å². The molecule has 0 radical (unpaired) electrons. The highest BCUT2D eigenvalue weighted by Gasteiger charge is 2.04. The van der Waals surface area contributed by atoms with Crippen LogP contribution >= 0.6 is 23.8 Å². The van der Waals surface area contributed by atoms with E-state index in [1.54, 1.807) is 18.2 Å². The lowest BCUT2D eigenvalue weighted by Gasteiger charge is -1.97. The van der Waals surface area contributed by atoms with Gasteiger partial charge in [0.05, 0.1) is 5.16 Å². The lowest BCUT2D eigenvalue weighted by Crippen LogP contribution is -1.94. The fraction of sp³-hybridized carbons (Fsp3) is 0.111. The molecular formula is C9H6ClNOS. The van der Waals surface area contributed by atoms with E-state index in [9.17, 15) is 4.79 Å². The second-order valence-electron chi connectivity index (χ2n) is 2.53. The summed E-state index contributed by atoms with van der Waals surface area (Å²) in [6, 6.07) is 5.01. The van der Waals surface area contributed by atoms with Crippen molar-refractivity contribution in [2.45, 2.75) is 6.92 Å². The van der Waals surface area contributed by atoms with E-state index in [4.69, 9.17) is 11.6 Å². The van der Waals surface area contributed by atoms with Crippen LogP contribution in [0.1, 0.15) is 15.9 Å². The van der Waals surface area contributed by atoms with E-state index in [1.165, 1.54) is 0 Å². The van der Waals surface area contributed by atoms with E-state index < -0.39 is 5.91 Å². The zero-order valence-corrected chi connectivity index (χ0v) is 8.45. The number of nitrogens with zero attached hydrogens (tertiary/aromatic N) is 1. The average Bonchev–Trinajstić information content (AvgIpc) is 2.03. The van der Waals surface area contributed by atoms with Gasteiger partial charge in [-0.05, 0) is 42.9 Å². The maximum atomic E-state index is 11.2. The first-order valence-electron chi connectivity index (χ1n) is 3.53. The van der Waals surface area contributed by atoms with Gasteiger partial charge in [0.1, 0.15) is 0 Å². The van der Waals surface area contributed by atoms with Crippen LogP contribution in [0.4, 0.5) is 0 Å². The molecule has 1 aromatic carbocycles. The van der Waals surface area contributed by atoms with Crippen LogP contribution in [0, 0.1) is 6.92 Å². The molecule has 4 heteroatoms. The van der Waals surface area contributed by atoms with Gasteiger partial charge in [-0.15, -0.1) is 0 Å². The monoisotopic (exact) mass is 211 g/mol. The van der Waals surface area contributed by atoms with Gasteiger partial charge >= 0.3 is 0 Å². The van der Waals surface area contributed by atoms with Gasteiger partial charge < -0.3 is 0 Å². The predicted molar refractivity (Wildman–Crippen MR) is 55.5 cm³/mol. The fourth-order valence-electron chi connectivity index (χ4n) is 0.966. The molecule has 2 nitrogen and oxygen atoms in total. The molecule has 13 heavy (non-hydrogen) atoms. The minimum atomic E-state index is -0.416. The van der Waals surface area contributed by atoms with Gasteiger partial charge in [-0.25, -0.2) is 0 Å². The molecule has 0 bridgehead atoms. The smallest absolute Gasteiger partial charge is 0.266 e. The molecule has 1 rings (SSSR count). The number of benzene rings is 1. The summed E-state index contributed by atoms with van der Waals surface area (Å²) in [6.45, 7) is 1.85. The van der Waals surface area contributed by atoms with Crippen molar-refractivity contribution in [3.8, 4) is 0 Å². The van der Waals surface area contributed by atoms with Crippen molar-refractivity contribution in [1.82, 2.24) is 0 Å². The molecule has 0 N–H and O–H groups in total. The van der Waals surface area contributed by atoms with E-state index in [0.29, 0.717) is 10.6 Å². The number of isothiocyanates is 1. The van der Waals surface area contributed by atoms with Gasteiger partial charge in [0, 0.05) is 10.6 Å². The Labute approximate surface area is 86.2 Å². The summed E-state index contributed by atoms with van der Waals surface area (Å²) in [4.78, 5) is 14.5. The Kier molecular flexibility index (Phi) is 3.32. The molecule has 0 fully saturated rings. The minimum absolute atomic E-state index is 0.416. The highest BCUT2D eigenvalue weighted by molar-refractivity contribution is 7.78. The normalized spacial score (nSPS) is 9.08. The van der Waals surface area contributed by atoms with Crippen molar-refractivity contribution in [3.05, 3.63) is 34.3 Å². The van der Waals surface area contributed by atoms with Crippen LogP contribution in [-0.2, 0) is 0 Å². The minimum Gasteiger partial charge on any atom is -0.266 e. The molecule has 0 unspecified atom stereocenters. The number of carbonyl (C=O) groups excluding carboxylic acids is 1. The first kappa shape index (κ1) is 10.1. The number of hydrogen-bond acceptors (Lipinski definition) is 2. The Balaban J connectivity index is 3.15. The number of amides is 1. The fourth-order valence-corrected chi connectivity index (χ4v) is 1.34. The number of rotatable bonds is 1. The molecule has 1 aromatic rings. The second-order valence-corrected chi connectivity index (χ2v) is 3.14. The zero-order valence-electron chi connectivity index (χ0n) is 6.87. The van der Waals surface area contributed by atoms with Crippen LogP contribution in [0.5, 0.6) is 0 Å². The number of thiocarbonyl (C=S) groups is 1. The lowest BCUT2D eigenvalue weighted by molar-refractivity contribution is 0.100. The van der Waals surface area contributed by atoms with E-state index in [1.807, 2.05) is 12.1 Å². The second kappa shape index (κ2) is 4.28. The number of aliphatic imine (C=N–C) groups is 1. The SMILES string of the molecule is Cc1cc(Cl)cc(C(=O)N=C=S)c1. The summed E-state index contributed by atoms with van der Waals surface area (Å²) in [5, 5.41) is 2.54. The average molecular weight is 212 g/mol. The molecule has 1 amide bonds. The molecule has 0 spiro atoms. The summed E-state index contributed by atoms with van der Waals surface area (Å²) < 4.78 is 0. The molecule has 0 aliphatic rings. The Morgan fingerprint density at radius 3 is 2.77 bits per heavy atom. The van der Waals surface area contributed by atoms with Gasteiger partial charge in [-0.3, -0.25) is 4.79 Å². The van der Waals surface area contributed by atoms with Gasteiger partial charge in [0.25, 0.3) is 5.91 Å². The summed E-state index contributed by atoms with van der Waals surface area (Å²) in [7, 11) is 0. The first-order chi connectivity index (χ1) is 6.13.